The van der Waals surface area contributed by atoms with E-state index in [4.69, 9.17) is 15.2 Å². The Bertz CT molecular complexity index is 453. The summed E-state index contributed by atoms with van der Waals surface area (Å²) in [5, 5.41) is 0. The molecule has 0 aromatic heterocycles. The molecule has 1 aliphatic carbocycles. The Hall–Kier alpha value is -1.71. The van der Waals surface area contributed by atoms with Crippen molar-refractivity contribution in [2.24, 2.45) is 0 Å². The van der Waals surface area contributed by atoms with E-state index in [1.54, 1.807) is 18.2 Å². The van der Waals surface area contributed by atoms with Crippen LogP contribution >= 0.6 is 0 Å². The number of anilines is 1. The minimum Gasteiger partial charge on any atom is -0.491 e. The van der Waals surface area contributed by atoms with E-state index < -0.39 is 0 Å². The number of unbranched alkanes of at least 4 members (excludes halogenated alkanes) is 1. The smallest absolute Gasteiger partial charge is 0.338 e. The van der Waals surface area contributed by atoms with Gasteiger partial charge in [0.2, 0.25) is 0 Å². The van der Waals surface area contributed by atoms with Crippen molar-refractivity contribution in [2.75, 3.05) is 12.3 Å². The Morgan fingerprint density at radius 3 is 2.80 bits per heavy atom. The molecule has 1 saturated carbocycles. The highest BCUT2D eigenvalue weighted by atomic mass is 16.5. The second kappa shape index (κ2) is 7.17. The standard InChI is InChI=1S/C16H23NO3/c1-2-3-10-19-15-11-12(8-9-14(15)17)16(18)20-13-6-4-5-7-13/h8-9,11,13H,2-7,10,17H2,1H3. The predicted octanol–water partition coefficient (Wildman–Crippen LogP) is 3.55. The number of ether oxygens (including phenoxy) is 2. The number of carbonyl (C=O) groups excluding carboxylic acids is 1. The fourth-order valence-electron chi connectivity index (χ4n) is 2.34. The molecule has 1 aromatic carbocycles. The Labute approximate surface area is 120 Å². The lowest BCUT2D eigenvalue weighted by Crippen LogP contribution is -2.15. The maximum atomic E-state index is 12.1. The molecule has 20 heavy (non-hydrogen) atoms. The van der Waals surface area contributed by atoms with E-state index in [9.17, 15) is 4.79 Å². The van der Waals surface area contributed by atoms with Gasteiger partial charge in [-0.1, -0.05) is 13.3 Å². The van der Waals surface area contributed by atoms with Crippen LogP contribution < -0.4 is 10.5 Å². The Kier molecular flexibility index (Phi) is 5.27. The van der Waals surface area contributed by atoms with Gasteiger partial charge in [0.25, 0.3) is 0 Å². The first-order valence-electron chi connectivity index (χ1n) is 7.44. The fourth-order valence-corrected chi connectivity index (χ4v) is 2.34. The minimum absolute atomic E-state index is 0.0736. The van der Waals surface area contributed by atoms with Gasteiger partial charge in [-0.25, -0.2) is 4.79 Å². The number of carbonyl (C=O) groups is 1. The van der Waals surface area contributed by atoms with Crippen LogP contribution in [-0.4, -0.2) is 18.7 Å². The number of rotatable bonds is 6. The van der Waals surface area contributed by atoms with Gasteiger partial charge < -0.3 is 15.2 Å². The molecule has 2 rings (SSSR count). The molecule has 4 heteroatoms. The summed E-state index contributed by atoms with van der Waals surface area (Å²) >= 11 is 0. The second-order valence-electron chi connectivity index (χ2n) is 5.27. The van der Waals surface area contributed by atoms with Crippen LogP contribution in [0, 0.1) is 0 Å². The van der Waals surface area contributed by atoms with Crippen LogP contribution in [0.25, 0.3) is 0 Å². The van der Waals surface area contributed by atoms with E-state index in [0.717, 1.165) is 38.5 Å². The van der Waals surface area contributed by atoms with Crippen LogP contribution in [0.15, 0.2) is 18.2 Å². The molecular formula is C16H23NO3. The van der Waals surface area contributed by atoms with Gasteiger partial charge in [0.15, 0.2) is 0 Å². The molecule has 0 unspecified atom stereocenters. The molecule has 1 fully saturated rings. The van der Waals surface area contributed by atoms with Crippen molar-refractivity contribution in [3.05, 3.63) is 23.8 Å². The third-order valence-electron chi connectivity index (χ3n) is 3.58. The molecule has 0 amide bonds. The molecule has 0 atom stereocenters. The second-order valence-corrected chi connectivity index (χ2v) is 5.27. The summed E-state index contributed by atoms with van der Waals surface area (Å²) in [6, 6.07) is 5.08. The summed E-state index contributed by atoms with van der Waals surface area (Å²) < 4.78 is 11.1. The molecule has 4 nitrogen and oxygen atoms in total. The van der Waals surface area contributed by atoms with Crippen LogP contribution in [0.5, 0.6) is 5.75 Å². The Morgan fingerprint density at radius 1 is 1.35 bits per heavy atom. The van der Waals surface area contributed by atoms with Crippen LogP contribution in [0.4, 0.5) is 5.69 Å². The predicted molar refractivity (Wildman–Crippen MR) is 78.9 cm³/mol. The van der Waals surface area contributed by atoms with E-state index in [1.165, 1.54) is 0 Å². The lowest BCUT2D eigenvalue weighted by molar-refractivity contribution is 0.0317. The summed E-state index contributed by atoms with van der Waals surface area (Å²) in [7, 11) is 0. The maximum absolute atomic E-state index is 12.1. The highest BCUT2D eigenvalue weighted by Crippen LogP contribution is 2.26. The number of nitrogens with two attached hydrogens (primary N) is 1. The van der Waals surface area contributed by atoms with Crippen molar-refractivity contribution < 1.29 is 14.3 Å². The van der Waals surface area contributed by atoms with Crippen molar-refractivity contribution in [3.8, 4) is 5.75 Å². The molecule has 2 N–H and O–H groups in total. The number of benzene rings is 1. The molecule has 0 spiro atoms. The highest BCUT2D eigenvalue weighted by molar-refractivity contribution is 5.90. The molecule has 0 saturated heterocycles. The number of esters is 1. The zero-order valence-corrected chi connectivity index (χ0v) is 12.1. The summed E-state index contributed by atoms with van der Waals surface area (Å²) in [5.74, 6) is 0.288. The van der Waals surface area contributed by atoms with Gasteiger partial charge in [-0.2, -0.15) is 0 Å². The SMILES string of the molecule is CCCCOc1cc(C(=O)OC2CCCC2)ccc1N. The zero-order valence-electron chi connectivity index (χ0n) is 12.1. The third-order valence-corrected chi connectivity index (χ3v) is 3.58. The van der Waals surface area contributed by atoms with Gasteiger partial charge in [0, 0.05) is 0 Å². The third kappa shape index (κ3) is 3.89. The van der Waals surface area contributed by atoms with Crippen molar-refractivity contribution in [1.82, 2.24) is 0 Å². The quantitative estimate of drug-likeness (QED) is 0.491. The molecule has 0 bridgehead atoms. The monoisotopic (exact) mass is 277 g/mol. The van der Waals surface area contributed by atoms with Gasteiger partial charge in [-0.3, -0.25) is 0 Å². The zero-order chi connectivity index (χ0) is 14.4. The van der Waals surface area contributed by atoms with Gasteiger partial charge in [0.1, 0.15) is 11.9 Å². The van der Waals surface area contributed by atoms with E-state index in [0.29, 0.717) is 23.6 Å². The number of nitrogen functional groups attached to an aromatic ring is 1. The number of hydrogen-bond acceptors (Lipinski definition) is 4. The van der Waals surface area contributed by atoms with Gasteiger partial charge >= 0.3 is 5.97 Å². The first-order chi connectivity index (χ1) is 9.70. The highest BCUT2D eigenvalue weighted by Gasteiger charge is 2.20. The minimum atomic E-state index is -0.280. The molecule has 1 aliphatic rings. The van der Waals surface area contributed by atoms with Gasteiger partial charge in [-0.15, -0.1) is 0 Å². The normalized spacial score (nSPS) is 15.2. The largest absolute Gasteiger partial charge is 0.491 e. The average Bonchev–Trinajstić information content (AvgIpc) is 2.94. The summed E-state index contributed by atoms with van der Waals surface area (Å²) in [6.07, 6.45) is 6.33. The maximum Gasteiger partial charge on any atom is 0.338 e. The molecule has 1 aromatic rings. The van der Waals surface area contributed by atoms with E-state index >= 15 is 0 Å². The van der Waals surface area contributed by atoms with Crippen LogP contribution in [0.1, 0.15) is 55.8 Å². The van der Waals surface area contributed by atoms with Gasteiger partial charge in [0.05, 0.1) is 17.9 Å². The van der Waals surface area contributed by atoms with Crippen LogP contribution in [-0.2, 0) is 4.74 Å². The Balaban J connectivity index is 1.99. The first kappa shape index (κ1) is 14.7. The first-order valence-corrected chi connectivity index (χ1v) is 7.44. The van der Waals surface area contributed by atoms with Crippen molar-refractivity contribution in [1.29, 1.82) is 0 Å². The van der Waals surface area contributed by atoms with Gasteiger partial charge in [-0.05, 0) is 50.3 Å². The van der Waals surface area contributed by atoms with Crippen molar-refractivity contribution in [2.45, 2.75) is 51.6 Å². The van der Waals surface area contributed by atoms with Crippen molar-refractivity contribution in [3.63, 3.8) is 0 Å². The van der Waals surface area contributed by atoms with Crippen LogP contribution in [0.3, 0.4) is 0 Å². The Morgan fingerprint density at radius 2 is 2.10 bits per heavy atom. The molecule has 110 valence electrons. The molecule has 0 radical (unpaired) electrons. The lowest BCUT2D eigenvalue weighted by atomic mass is 10.2. The van der Waals surface area contributed by atoms with E-state index in [2.05, 4.69) is 6.92 Å². The van der Waals surface area contributed by atoms with E-state index in [-0.39, 0.29) is 12.1 Å². The van der Waals surface area contributed by atoms with E-state index in [1.807, 2.05) is 0 Å². The molecule has 0 aliphatic heterocycles. The average molecular weight is 277 g/mol. The summed E-state index contributed by atoms with van der Waals surface area (Å²) in [5.41, 5.74) is 6.92. The topological polar surface area (TPSA) is 61.5 Å². The van der Waals surface area contributed by atoms with Crippen molar-refractivity contribution >= 4 is 11.7 Å². The summed E-state index contributed by atoms with van der Waals surface area (Å²) in [6.45, 7) is 2.71. The lowest BCUT2D eigenvalue weighted by Gasteiger charge is -2.13. The fraction of sp³-hybridized carbons (Fsp3) is 0.562. The molecular weight excluding hydrogens is 254 g/mol. The number of hydrogen-bond donors (Lipinski definition) is 1. The molecule has 0 heterocycles. The van der Waals surface area contributed by atoms with Crippen LogP contribution in [0.2, 0.25) is 0 Å². The summed E-state index contributed by atoms with van der Waals surface area (Å²) in [4.78, 5) is 12.1.